The topological polar surface area (TPSA) is 57.4 Å². The van der Waals surface area contributed by atoms with Gasteiger partial charge in [0.2, 0.25) is 5.82 Å². The van der Waals surface area contributed by atoms with Crippen LogP contribution in [0.2, 0.25) is 0 Å². The molecule has 0 unspecified atom stereocenters. The minimum absolute atomic E-state index is 0.338. The standard InChI is InChI=1S/C18H18N2O3/c1-12-5-4-6-14(11-12)17-19-18(23-20-17)13(2)22-16-9-7-15(21-3)8-10-16/h4-11,13H,1-3H3/t13-/m1/s1. The van der Waals surface area contributed by atoms with E-state index in [1.54, 1.807) is 7.11 Å². The van der Waals surface area contributed by atoms with E-state index in [9.17, 15) is 0 Å². The maximum absolute atomic E-state index is 5.82. The van der Waals surface area contributed by atoms with Crippen LogP contribution in [-0.2, 0) is 0 Å². The Labute approximate surface area is 134 Å². The van der Waals surface area contributed by atoms with Crippen molar-refractivity contribution in [3.05, 3.63) is 60.0 Å². The summed E-state index contributed by atoms with van der Waals surface area (Å²) < 4.78 is 16.3. The maximum Gasteiger partial charge on any atom is 0.267 e. The summed E-state index contributed by atoms with van der Waals surface area (Å²) in [7, 11) is 1.63. The quantitative estimate of drug-likeness (QED) is 0.707. The molecule has 3 aromatic rings. The van der Waals surface area contributed by atoms with Crippen LogP contribution in [0.15, 0.2) is 53.1 Å². The van der Waals surface area contributed by atoms with Gasteiger partial charge in [0.25, 0.3) is 5.89 Å². The Hall–Kier alpha value is -2.82. The average Bonchev–Trinajstić information content (AvgIpc) is 3.06. The van der Waals surface area contributed by atoms with E-state index in [0.717, 1.165) is 16.9 Å². The van der Waals surface area contributed by atoms with Crippen molar-refractivity contribution in [2.45, 2.75) is 20.0 Å². The zero-order valence-electron chi connectivity index (χ0n) is 13.3. The molecule has 0 aliphatic carbocycles. The Kier molecular flexibility index (Phi) is 4.28. The van der Waals surface area contributed by atoms with Crippen LogP contribution in [0.25, 0.3) is 11.4 Å². The van der Waals surface area contributed by atoms with Gasteiger partial charge in [-0.25, -0.2) is 0 Å². The Morgan fingerprint density at radius 3 is 2.48 bits per heavy atom. The van der Waals surface area contributed by atoms with Gasteiger partial charge in [0, 0.05) is 5.56 Å². The highest BCUT2D eigenvalue weighted by Crippen LogP contribution is 2.25. The molecule has 0 fully saturated rings. The third kappa shape index (κ3) is 3.51. The molecule has 1 atom stereocenters. The summed E-state index contributed by atoms with van der Waals surface area (Å²) in [4.78, 5) is 4.42. The smallest absolute Gasteiger partial charge is 0.267 e. The van der Waals surface area contributed by atoms with E-state index in [4.69, 9.17) is 14.0 Å². The second kappa shape index (κ2) is 6.52. The summed E-state index contributed by atoms with van der Waals surface area (Å²) in [6.07, 6.45) is -0.338. The number of nitrogens with zero attached hydrogens (tertiary/aromatic N) is 2. The Balaban J connectivity index is 1.74. The molecule has 1 aromatic heterocycles. The first kappa shape index (κ1) is 15.1. The summed E-state index contributed by atoms with van der Waals surface area (Å²) in [5, 5.41) is 4.03. The molecule has 0 saturated heterocycles. The summed E-state index contributed by atoms with van der Waals surface area (Å²) in [6, 6.07) is 15.3. The molecular weight excluding hydrogens is 292 g/mol. The second-order valence-corrected chi connectivity index (χ2v) is 5.26. The molecule has 0 bridgehead atoms. The van der Waals surface area contributed by atoms with E-state index in [2.05, 4.69) is 10.1 Å². The van der Waals surface area contributed by atoms with E-state index in [0.29, 0.717) is 17.5 Å². The van der Waals surface area contributed by atoms with Crippen LogP contribution < -0.4 is 9.47 Å². The van der Waals surface area contributed by atoms with Crippen LogP contribution in [0.4, 0.5) is 0 Å². The molecule has 5 nitrogen and oxygen atoms in total. The fourth-order valence-electron chi connectivity index (χ4n) is 2.21. The second-order valence-electron chi connectivity index (χ2n) is 5.26. The highest BCUT2D eigenvalue weighted by molar-refractivity contribution is 5.55. The first-order valence-electron chi connectivity index (χ1n) is 7.37. The fourth-order valence-corrected chi connectivity index (χ4v) is 2.21. The van der Waals surface area contributed by atoms with Gasteiger partial charge in [0.05, 0.1) is 7.11 Å². The zero-order chi connectivity index (χ0) is 16.2. The highest BCUT2D eigenvalue weighted by Gasteiger charge is 2.17. The first-order chi connectivity index (χ1) is 11.2. The first-order valence-corrected chi connectivity index (χ1v) is 7.37. The van der Waals surface area contributed by atoms with Crippen LogP contribution in [0.3, 0.4) is 0 Å². The van der Waals surface area contributed by atoms with Crippen LogP contribution >= 0.6 is 0 Å². The summed E-state index contributed by atoms with van der Waals surface area (Å²) >= 11 is 0. The molecule has 0 radical (unpaired) electrons. The van der Waals surface area contributed by atoms with Crippen molar-refractivity contribution in [3.63, 3.8) is 0 Å². The SMILES string of the molecule is COc1ccc(O[C@H](C)c2nc(-c3cccc(C)c3)no2)cc1. The molecule has 0 aliphatic heterocycles. The Morgan fingerprint density at radius 2 is 1.78 bits per heavy atom. The van der Waals surface area contributed by atoms with Gasteiger partial charge in [-0.05, 0) is 44.2 Å². The van der Waals surface area contributed by atoms with Crippen LogP contribution in [-0.4, -0.2) is 17.3 Å². The lowest BCUT2D eigenvalue weighted by molar-refractivity contribution is 0.175. The van der Waals surface area contributed by atoms with Crippen molar-refractivity contribution in [1.82, 2.24) is 10.1 Å². The third-order valence-electron chi connectivity index (χ3n) is 3.44. The molecule has 0 spiro atoms. The van der Waals surface area contributed by atoms with Gasteiger partial charge in [0.1, 0.15) is 11.5 Å². The van der Waals surface area contributed by atoms with Crippen LogP contribution in [0.5, 0.6) is 11.5 Å². The van der Waals surface area contributed by atoms with Crippen LogP contribution in [0, 0.1) is 6.92 Å². The minimum Gasteiger partial charge on any atom is -0.497 e. The van der Waals surface area contributed by atoms with Crippen molar-refractivity contribution in [3.8, 4) is 22.9 Å². The number of benzene rings is 2. The number of aryl methyl sites for hydroxylation is 1. The molecule has 0 saturated carbocycles. The lowest BCUT2D eigenvalue weighted by atomic mass is 10.1. The van der Waals surface area contributed by atoms with E-state index < -0.39 is 0 Å². The molecule has 0 amide bonds. The Morgan fingerprint density at radius 1 is 1.04 bits per heavy atom. The summed E-state index contributed by atoms with van der Waals surface area (Å²) in [5.74, 6) is 2.50. The molecule has 5 heteroatoms. The largest absolute Gasteiger partial charge is 0.497 e. The normalized spacial score (nSPS) is 12.0. The van der Waals surface area contributed by atoms with Gasteiger partial charge in [0.15, 0.2) is 6.10 Å². The van der Waals surface area contributed by atoms with Gasteiger partial charge < -0.3 is 14.0 Å². The molecule has 2 aromatic carbocycles. The molecule has 0 aliphatic rings. The maximum atomic E-state index is 5.82. The number of ether oxygens (including phenoxy) is 2. The van der Waals surface area contributed by atoms with E-state index in [-0.39, 0.29) is 6.10 Å². The number of hydrogen-bond acceptors (Lipinski definition) is 5. The van der Waals surface area contributed by atoms with E-state index in [1.807, 2.05) is 62.4 Å². The molecule has 0 N–H and O–H groups in total. The number of methoxy groups -OCH3 is 1. The number of hydrogen-bond donors (Lipinski definition) is 0. The molecule has 118 valence electrons. The summed E-state index contributed by atoms with van der Waals surface area (Å²) in [5.41, 5.74) is 2.08. The van der Waals surface area contributed by atoms with Gasteiger partial charge in [-0.15, -0.1) is 0 Å². The highest BCUT2D eigenvalue weighted by atomic mass is 16.5. The number of aromatic nitrogens is 2. The molecule has 23 heavy (non-hydrogen) atoms. The Bertz CT molecular complexity index is 781. The van der Waals surface area contributed by atoms with Gasteiger partial charge in [-0.2, -0.15) is 4.98 Å². The fraction of sp³-hybridized carbons (Fsp3) is 0.222. The van der Waals surface area contributed by atoms with Gasteiger partial charge in [-0.3, -0.25) is 0 Å². The van der Waals surface area contributed by atoms with Crippen LogP contribution in [0.1, 0.15) is 24.5 Å². The molecule has 1 heterocycles. The van der Waals surface area contributed by atoms with Crippen molar-refractivity contribution in [2.75, 3.05) is 7.11 Å². The lowest BCUT2D eigenvalue weighted by Crippen LogP contribution is -2.03. The average molecular weight is 310 g/mol. The lowest BCUT2D eigenvalue weighted by Gasteiger charge is -2.10. The van der Waals surface area contributed by atoms with Gasteiger partial charge >= 0.3 is 0 Å². The van der Waals surface area contributed by atoms with Crippen molar-refractivity contribution < 1.29 is 14.0 Å². The minimum atomic E-state index is -0.338. The predicted octanol–water partition coefficient (Wildman–Crippen LogP) is 4.19. The van der Waals surface area contributed by atoms with Gasteiger partial charge in [-0.1, -0.05) is 28.9 Å². The zero-order valence-corrected chi connectivity index (χ0v) is 13.3. The van der Waals surface area contributed by atoms with Crippen molar-refractivity contribution in [1.29, 1.82) is 0 Å². The molecular formula is C18H18N2O3. The van der Waals surface area contributed by atoms with Crippen molar-refractivity contribution >= 4 is 0 Å². The number of rotatable bonds is 5. The van der Waals surface area contributed by atoms with E-state index in [1.165, 1.54) is 0 Å². The molecule has 3 rings (SSSR count). The van der Waals surface area contributed by atoms with E-state index >= 15 is 0 Å². The van der Waals surface area contributed by atoms with Crippen molar-refractivity contribution in [2.24, 2.45) is 0 Å². The monoisotopic (exact) mass is 310 g/mol. The third-order valence-corrected chi connectivity index (χ3v) is 3.44. The summed E-state index contributed by atoms with van der Waals surface area (Å²) in [6.45, 7) is 3.90. The predicted molar refractivity (Wildman–Crippen MR) is 86.5 cm³/mol.